The molecule has 4 rings (SSSR count). The van der Waals surface area contributed by atoms with E-state index in [2.05, 4.69) is 34.5 Å². The Morgan fingerprint density at radius 1 is 1.17 bits per heavy atom. The van der Waals surface area contributed by atoms with Gasteiger partial charge in [-0.05, 0) is 67.5 Å². The van der Waals surface area contributed by atoms with Gasteiger partial charge in [0.2, 0.25) is 5.91 Å². The summed E-state index contributed by atoms with van der Waals surface area (Å²) < 4.78 is 0. The van der Waals surface area contributed by atoms with Crippen LogP contribution < -0.4 is 5.32 Å². The average molecular weight is 312 g/mol. The summed E-state index contributed by atoms with van der Waals surface area (Å²) >= 11 is 0. The molecule has 2 saturated heterocycles. The fourth-order valence-electron chi connectivity index (χ4n) is 4.78. The fraction of sp³-hybridized carbons (Fsp3) is 0.650. The molecule has 1 aromatic carbocycles. The first-order valence-corrected chi connectivity index (χ1v) is 9.29. The lowest BCUT2D eigenvalue weighted by Crippen LogP contribution is -2.44. The van der Waals surface area contributed by atoms with Gasteiger partial charge in [-0.15, -0.1) is 0 Å². The number of nitrogens with zero attached hydrogens (tertiary/aromatic N) is 1. The van der Waals surface area contributed by atoms with Crippen LogP contribution in [0.15, 0.2) is 24.3 Å². The molecule has 3 heteroatoms. The molecule has 1 aromatic rings. The lowest BCUT2D eigenvalue weighted by molar-refractivity contribution is -0.134. The molecule has 23 heavy (non-hydrogen) atoms. The van der Waals surface area contributed by atoms with Crippen molar-refractivity contribution in [1.82, 2.24) is 10.2 Å². The number of likely N-dealkylation sites (tertiary alicyclic amines) is 1. The Morgan fingerprint density at radius 3 is 2.70 bits per heavy atom. The average Bonchev–Trinajstić information content (AvgIpc) is 3.03. The molecule has 2 fully saturated rings. The second-order valence-electron chi connectivity index (χ2n) is 7.89. The number of benzene rings is 1. The lowest BCUT2D eigenvalue weighted by atomic mass is 9.77. The van der Waals surface area contributed by atoms with Gasteiger partial charge in [-0.3, -0.25) is 4.79 Å². The maximum Gasteiger partial charge on any atom is 0.222 e. The third-order valence-corrected chi connectivity index (χ3v) is 6.42. The highest BCUT2D eigenvalue weighted by Gasteiger charge is 2.38. The van der Waals surface area contributed by atoms with Crippen molar-refractivity contribution in [2.75, 3.05) is 26.2 Å². The van der Waals surface area contributed by atoms with E-state index < -0.39 is 0 Å². The van der Waals surface area contributed by atoms with Crippen LogP contribution >= 0.6 is 0 Å². The molecule has 1 spiro atoms. The molecule has 0 saturated carbocycles. The van der Waals surface area contributed by atoms with Gasteiger partial charge in [0, 0.05) is 26.1 Å². The van der Waals surface area contributed by atoms with Crippen molar-refractivity contribution in [3.8, 4) is 0 Å². The molecule has 1 aliphatic carbocycles. The van der Waals surface area contributed by atoms with Gasteiger partial charge in [-0.2, -0.15) is 0 Å². The normalized spacial score (nSPS) is 26.3. The van der Waals surface area contributed by atoms with Crippen LogP contribution in [-0.4, -0.2) is 37.0 Å². The predicted molar refractivity (Wildman–Crippen MR) is 92.3 cm³/mol. The van der Waals surface area contributed by atoms with E-state index in [4.69, 9.17) is 0 Å². The zero-order valence-electron chi connectivity index (χ0n) is 14.0. The molecule has 1 atom stereocenters. The van der Waals surface area contributed by atoms with Crippen molar-refractivity contribution in [1.29, 1.82) is 0 Å². The van der Waals surface area contributed by atoms with Crippen LogP contribution in [-0.2, 0) is 17.6 Å². The molecule has 0 bridgehead atoms. The standard InChI is InChI=1S/C20H28N2O/c23-19(22-11-8-20(9-12-22)7-10-21-15-20)14-16-5-6-17-3-1-2-4-18(17)13-16/h1-4,16,21H,5-15H2. The van der Waals surface area contributed by atoms with Gasteiger partial charge in [0.15, 0.2) is 0 Å². The number of hydrogen-bond donors (Lipinski definition) is 1. The number of piperidine rings is 1. The number of aryl methyl sites for hydroxylation is 1. The van der Waals surface area contributed by atoms with Crippen molar-refractivity contribution in [3.63, 3.8) is 0 Å². The van der Waals surface area contributed by atoms with Gasteiger partial charge in [0.25, 0.3) is 0 Å². The van der Waals surface area contributed by atoms with Crippen molar-refractivity contribution >= 4 is 5.91 Å². The van der Waals surface area contributed by atoms with E-state index >= 15 is 0 Å². The molecule has 3 aliphatic rings. The van der Waals surface area contributed by atoms with Crippen LogP contribution in [0, 0.1) is 11.3 Å². The number of fused-ring (bicyclic) bond motifs is 1. The van der Waals surface area contributed by atoms with Gasteiger partial charge in [-0.25, -0.2) is 0 Å². The second kappa shape index (κ2) is 6.27. The molecule has 1 N–H and O–H groups in total. The molecule has 0 radical (unpaired) electrons. The maximum atomic E-state index is 12.7. The molecule has 1 unspecified atom stereocenters. The third-order valence-electron chi connectivity index (χ3n) is 6.42. The van der Waals surface area contributed by atoms with E-state index in [9.17, 15) is 4.79 Å². The highest BCUT2D eigenvalue weighted by molar-refractivity contribution is 5.76. The summed E-state index contributed by atoms with van der Waals surface area (Å²) in [4.78, 5) is 14.8. The van der Waals surface area contributed by atoms with E-state index in [0.717, 1.165) is 45.4 Å². The largest absolute Gasteiger partial charge is 0.343 e. The molecular formula is C20H28N2O. The second-order valence-corrected chi connectivity index (χ2v) is 7.89. The number of nitrogens with one attached hydrogen (secondary N) is 1. The van der Waals surface area contributed by atoms with Crippen molar-refractivity contribution in [3.05, 3.63) is 35.4 Å². The lowest BCUT2D eigenvalue weighted by Gasteiger charge is -2.39. The smallest absolute Gasteiger partial charge is 0.222 e. The first-order chi connectivity index (χ1) is 11.2. The third kappa shape index (κ3) is 3.16. The molecule has 124 valence electrons. The van der Waals surface area contributed by atoms with Gasteiger partial charge in [0.05, 0.1) is 0 Å². The zero-order valence-corrected chi connectivity index (χ0v) is 14.0. The Hall–Kier alpha value is -1.35. The van der Waals surface area contributed by atoms with Crippen molar-refractivity contribution in [2.24, 2.45) is 11.3 Å². The number of amides is 1. The summed E-state index contributed by atoms with van der Waals surface area (Å²) in [5.41, 5.74) is 3.46. The molecule has 0 aromatic heterocycles. The van der Waals surface area contributed by atoms with Crippen LogP contribution in [0.3, 0.4) is 0 Å². The highest BCUT2D eigenvalue weighted by Crippen LogP contribution is 2.37. The number of rotatable bonds is 2. The Labute approximate surface area is 139 Å². The minimum atomic E-state index is 0.398. The van der Waals surface area contributed by atoms with Crippen LogP contribution in [0.25, 0.3) is 0 Å². The summed E-state index contributed by atoms with van der Waals surface area (Å²) in [5, 5.41) is 3.50. The van der Waals surface area contributed by atoms with Gasteiger partial charge in [-0.1, -0.05) is 24.3 Å². The highest BCUT2D eigenvalue weighted by atomic mass is 16.2. The van der Waals surface area contributed by atoms with Crippen LogP contribution in [0.5, 0.6) is 0 Å². The number of carbonyl (C=O) groups is 1. The van der Waals surface area contributed by atoms with Crippen molar-refractivity contribution in [2.45, 2.75) is 44.9 Å². The monoisotopic (exact) mass is 312 g/mol. The molecule has 2 aliphatic heterocycles. The molecule has 1 amide bonds. The minimum Gasteiger partial charge on any atom is -0.343 e. The van der Waals surface area contributed by atoms with Gasteiger partial charge < -0.3 is 10.2 Å². The maximum absolute atomic E-state index is 12.7. The van der Waals surface area contributed by atoms with E-state index in [-0.39, 0.29) is 0 Å². The topological polar surface area (TPSA) is 32.3 Å². The molecule has 3 nitrogen and oxygen atoms in total. The van der Waals surface area contributed by atoms with Gasteiger partial charge in [0.1, 0.15) is 0 Å². The zero-order chi connectivity index (χ0) is 15.7. The summed E-state index contributed by atoms with van der Waals surface area (Å²) in [5.74, 6) is 0.941. The van der Waals surface area contributed by atoms with E-state index in [1.807, 2.05) is 0 Å². The Kier molecular flexibility index (Phi) is 4.14. The first kappa shape index (κ1) is 15.2. The van der Waals surface area contributed by atoms with E-state index in [0.29, 0.717) is 17.2 Å². The fourth-order valence-corrected chi connectivity index (χ4v) is 4.78. The van der Waals surface area contributed by atoms with E-state index in [1.165, 1.54) is 36.8 Å². The Morgan fingerprint density at radius 2 is 1.96 bits per heavy atom. The van der Waals surface area contributed by atoms with Crippen LogP contribution in [0.1, 0.15) is 43.2 Å². The van der Waals surface area contributed by atoms with Crippen LogP contribution in [0.4, 0.5) is 0 Å². The SMILES string of the molecule is O=C(CC1CCc2ccccc2C1)N1CCC2(CCNC2)CC1. The summed E-state index contributed by atoms with van der Waals surface area (Å²) in [6.45, 7) is 4.28. The van der Waals surface area contributed by atoms with E-state index in [1.54, 1.807) is 0 Å². The number of hydrogen-bond acceptors (Lipinski definition) is 2. The summed E-state index contributed by atoms with van der Waals surface area (Å²) in [7, 11) is 0. The molecular weight excluding hydrogens is 284 g/mol. The minimum absolute atomic E-state index is 0.398. The van der Waals surface area contributed by atoms with Gasteiger partial charge >= 0.3 is 0 Å². The summed E-state index contributed by atoms with van der Waals surface area (Å²) in [6.07, 6.45) is 7.84. The number of carbonyl (C=O) groups excluding carboxylic acids is 1. The summed E-state index contributed by atoms with van der Waals surface area (Å²) in [6, 6.07) is 8.74. The Balaban J connectivity index is 1.31. The van der Waals surface area contributed by atoms with Crippen LogP contribution in [0.2, 0.25) is 0 Å². The van der Waals surface area contributed by atoms with Crippen molar-refractivity contribution < 1.29 is 4.79 Å². The molecule has 2 heterocycles. The first-order valence-electron chi connectivity index (χ1n) is 9.29. The predicted octanol–water partition coefficient (Wildman–Crippen LogP) is 2.78. The quantitative estimate of drug-likeness (QED) is 0.911. The Bertz CT molecular complexity index is 567.